The van der Waals surface area contributed by atoms with Crippen molar-refractivity contribution in [2.45, 2.75) is 57.9 Å². The van der Waals surface area contributed by atoms with E-state index < -0.39 is 0 Å². The largest absolute Gasteiger partial charge is 0.368 e. The molecule has 1 saturated carbocycles. The van der Waals surface area contributed by atoms with Gasteiger partial charge in [-0.1, -0.05) is 44.4 Å². The van der Waals surface area contributed by atoms with E-state index in [2.05, 4.69) is 68.7 Å². The molecular formula is C27H39N7S. The van der Waals surface area contributed by atoms with Crippen molar-refractivity contribution in [3.8, 4) is 0 Å². The fourth-order valence-electron chi connectivity index (χ4n) is 5.60. The van der Waals surface area contributed by atoms with E-state index in [0.717, 1.165) is 50.9 Å². The second kappa shape index (κ2) is 11.4. The molecule has 1 aromatic heterocycles. The lowest BCUT2D eigenvalue weighted by molar-refractivity contribution is 0.414. The molecule has 2 aliphatic heterocycles. The first-order valence-electron chi connectivity index (χ1n) is 13.4. The standard InChI is InChI=1S/C27H39N7S/c1-21-9-8-14-34(20-21)25-19-24(33-17-15-32(16-18-33)23-12-6-3-7-13-23)29-26(30-25)31-27(35)28-22-10-4-2-5-11-22/h3,6-7,12-13,19,21-22H,2,4-5,8-11,14-18,20H2,1H3,(H2,28,29,30,31,35)/t21-/m0/s1. The number of hydrogen-bond acceptors (Lipinski definition) is 6. The molecule has 0 radical (unpaired) electrons. The van der Waals surface area contributed by atoms with Crippen LogP contribution < -0.4 is 25.3 Å². The summed E-state index contributed by atoms with van der Waals surface area (Å²) in [5.74, 6) is 3.29. The number of piperazine rings is 1. The Morgan fingerprint density at radius 3 is 2.23 bits per heavy atom. The third-order valence-corrected chi connectivity index (χ3v) is 7.79. The summed E-state index contributed by atoms with van der Waals surface area (Å²) in [5.41, 5.74) is 1.29. The molecule has 2 saturated heterocycles. The molecule has 5 rings (SSSR count). The SMILES string of the molecule is C[C@H]1CCCN(c2cc(N3CCN(c4ccccc4)CC3)nc(NC(=S)NC3CCCCC3)n2)C1. The van der Waals surface area contributed by atoms with Gasteiger partial charge in [0, 0.05) is 57.1 Å². The number of hydrogen-bond donors (Lipinski definition) is 2. The van der Waals surface area contributed by atoms with E-state index in [1.807, 2.05) is 0 Å². The van der Waals surface area contributed by atoms with Crippen molar-refractivity contribution in [3.63, 3.8) is 0 Å². The number of nitrogens with one attached hydrogen (secondary N) is 2. The van der Waals surface area contributed by atoms with Crippen LogP contribution in [0, 0.1) is 5.92 Å². The number of thiocarbonyl (C=S) groups is 1. The van der Waals surface area contributed by atoms with Gasteiger partial charge in [0.1, 0.15) is 11.6 Å². The zero-order valence-corrected chi connectivity index (χ0v) is 21.8. The van der Waals surface area contributed by atoms with Gasteiger partial charge in [0.2, 0.25) is 5.95 Å². The predicted octanol–water partition coefficient (Wildman–Crippen LogP) is 4.66. The summed E-state index contributed by atoms with van der Waals surface area (Å²) in [6.45, 7) is 8.26. The van der Waals surface area contributed by atoms with Gasteiger partial charge in [-0.3, -0.25) is 0 Å². The first-order chi connectivity index (χ1) is 17.1. The smallest absolute Gasteiger partial charge is 0.232 e. The molecule has 0 unspecified atom stereocenters. The van der Waals surface area contributed by atoms with Crippen LogP contribution in [0.3, 0.4) is 0 Å². The average molecular weight is 494 g/mol. The summed E-state index contributed by atoms with van der Waals surface area (Å²) in [6.07, 6.45) is 8.75. The average Bonchev–Trinajstić information content (AvgIpc) is 2.90. The van der Waals surface area contributed by atoms with Crippen LogP contribution in [-0.4, -0.2) is 60.4 Å². The minimum absolute atomic E-state index is 0.459. The number of nitrogens with zero attached hydrogens (tertiary/aromatic N) is 5. The van der Waals surface area contributed by atoms with Crippen molar-refractivity contribution in [1.29, 1.82) is 0 Å². The molecule has 188 valence electrons. The van der Waals surface area contributed by atoms with Crippen molar-refractivity contribution >= 4 is 40.6 Å². The molecule has 35 heavy (non-hydrogen) atoms. The first-order valence-corrected chi connectivity index (χ1v) is 13.8. The number of rotatable bonds is 5. The molecule has 0 amide bonds. The monoisotopic (exact) mass is 493 g/mol. The quantitative estimate of drug-likeness (QED) is 0.584. The van der Waals surface area contributed by atoms with Crippen LogP contribution in [0.5, 0.6) is 0 Å². The molecule has 1 aliphatic carbocycles. The van der Waals surface area contributed by atoms with Gasteiger partial charge >= 0.3 is 0 Å². The van der Waals surface area contributed by atoms with Crippen LogP contribution in [-0.2, 0) is 0 Å². The van der Waals surface area contributed by atoms with Gasteiger partial charge in [-0.05, 0) is 56.0 Å². The normalized spacial score (nSPS) is 21.6. The second-order valence-electron chi connectivity index (χ2n) is 10.3. The van der Waals surface area contributed by atoms with Crippen LogP contribution in [0.15, 0.2) is 36.4 Å². The van der Waals surface area contributed by atoms with Gasteiger partial charge in [0.15, 0.2) is 5.11 Å². The summed E-state index contributed by atoms with van der Waals surface area (Å²) in [5, 5.41) is 7.47. The Balaban J connectivity index is 1.31. The Labute approximate surface area is 215 Å². The molecule has 0 bridgehead atoms. The van der Waals surface area contributed by atoms with Crippen LogP contribution in [0.25, 0.3) is 0 Å². The second-order valence-corrected chi connectivity index (χ2v) is 10.8. The van der Waals surface area contributed by atoms with E-state index in [4.69, 9.17) is 22.2 Å². The Bertz CT molecular complexity index is 971. The number of benzene rings is 1. The van der Waals surface area contributed by atoms with Gasteiger partial charge in [-0.15, -0.1) is 0 Å². The van der Waals surface area contributed by atoms with Crippen LogP contribution in [0.4, 0.5) is 23.3 Å². The summed E-state index contributed by atoms with van der Waals surface area (Å²) in [6, 6.07) is 13.3. The number of para-hydroxylation sites is 1. The molecule has 0 spiro atoms. The fraction of sp³-hybridized carbons (Fsp3) is 0.593. The zero-order valence-electron chi connectivity index (χ0n) is 21.0. The maximum Gasteiger partial charge on any atom is 0.232 e. The third kappa shape index (κ3) is 6.34. The van der Waals surface area contributed by atoms with Gasteiger partial charge in [0.25, 0.3) is 0 Å². The van der Waals surface area contributed by atoms with Crippen molar-refractivity contribution in [1.82, 2.24) is 15.3 Å². The van der Waals surface area contributed by atoms with Gasteiger partial charge in [0.05, 0.1) is 0 Å². The Kier molecular flexibility index (Phi) is 7.86. The zero-order chi connectivity index (χ0) is 24.0. The van der Waals surface area contributed by atoms with E-state index in [-0.39, 0.29) is 0 Å². The minimum atomic E-state index is 0.459. The fourth-order valence-corrected chi connectivity index (χ4v) is 5.86. The summed E-state index contributed by atoms with van der Waals surface area (Å²) in [7, 11) is 0. The van der Waals surface area contributed by atoms with E-state index >= 15 is 0 Å². The highest BCUT2D eigenvalue weighted by Crippen LogP contribution is 2.27. The summed E-state index contributed by atoms with van der Waals surface area (Å²) >= 11 is 5.67. The number of anilines is 4. The number of aromatic nitrogens is 2. The molecule has 7 nitrogen and oxygen atoms in total. The Hall–Kier alpha value is -2.61. The van der Waals surface area contributed by atoms with Crippen molar-refractivity contribution in [2.24, 2.45) is 5.92 Å². The highest BCUT2D eigenvalue weighted by molar-refractivity contribution is 7.80. The van der Waals surface area contributed by atoms with E-state index in [9.17, 15) is 0 Å². The molecule has 2 N–H and O–H groups in total. The highest BCUT2D eigenvalue weighted by Gasteiger charge is 2.23. The van der Waals surface area contributed by atoms with Crippen LogP contribution in [0.1, 0.15) is 51.9 Å². The Morgan fingerprint density at radius 1 is 0.829 bits per heavy atom. The highest BCUT2D eigenvalue weighted by atomic mass is 32.1. The lowest BCUT2D eigenvalue weighted by atomic mass is 9.96. The van der Waals surface area contributed by atoms with Crippen molar-refractivity contribution in [3.05, 3.63) is 36.4 Å². The molecule has 3 fully saturated rings. The van der Waals surface area contributed by atoms with Crippen molar-refractivity contribution in [2.75, 3.05) is 59.3 Å². The molecule has 3 heterocycles. The first kappa shape index (κ1) is 24.1. The minimum Gasteiger partial charge on any atom is -0.368 e. The third-order valence-electron chi connectivity index (χ3n) is 7.57. The topological polar surface area (TPSA) is 59.6 Å². The molecular weight excluding hydrogens is 454 g/mol. The Morgan fingerprint density at radius 2 is 1.51 bits per heavy atom. The van der Waals surface area contributed by atoms with Crippen LogP contribution >= 0.6 is 12.2 Å². The maximum absolute atomic E-state index is 5.67. The van der Waals surface area contributed by atoms with Crippen molar-refractivity contribution < 1.29 is 0 Å². The lowest BCUT2D eigenvalue weighted by Crippen LogP contribution is -2.47. The van der Waals surface area contributed by atoms with Gasteiger partial charge in [-0.25, -0.2) is 0 Å². The lowest BCUT2D eigenvalue weighted by Gasteiger charge is -2.37. The van der Waals surface area contributed by atoms with Gasteiger partial charge < -0.3 is 25.3 Å². The summed E-state index contributed by atoms with van der Waals surface area (Å²) in [4.78, 5) is 17.1. The molecule has 3 aliphatic rings. The molecule has 2 aromatic rings. The van der Waals surface area contributed by atoms with Crippen LogP contribution in [0.2, 0.25) is 0 Å². The molecule has 1 atom stereocenters. The number of piperidine rings is 1. The van der Waals surface area contributed by atoms with E-state index in [0.29, 0.717) is 23.0 Å². The molecule has 1 aromatic carbocycles. The van der Waals surface area contributed by atoms with E-state index in [1.165, 1.54) is 50.6 Å². The predicted molar refractivity (Wildman–Crippen MR) is 150 cm³/mol. The van der Waals surface area contributed by atoms with Gasteiger partial charge in [-0.2, -0.15) is 9.97 Å². The molecule has 8 heteroatoms. The summed E-state index contributed by atoms with van der Waals surface area (Å²) < 4.78 is 0. The maximum atomic E-state index is 5.67. The van der Waals surface area contributed by atoms with E-state index in [1.54, 1.807) is 0 Å².